The molecule has 1 saturated heterocycles. The van der Waals surface area contributed by atoms with Crippen LogP contribution in [0.1, 0.15) is 43.4 Å². The number of aryl methyl sites for hydroxylation is 2. The van der Waals surface area contributed by atoms with Crippen LogP contribution in [0.4, 0.5) is 13.2 Å². The van der Waals surface area contributed by atoms with E-state index in [4.69, 9.17) is 0 Å². The van der Waals surface area contributed by atoms with Gasteiger partial charge in [-0.2, -0.15) is 18.3 Å². The van der Waals surface area contributed by atoms with Crippen LogP contribution in [0.25, 0.3) is 0 Å². The van der Waals surface area contributed by atoms with E-state index in [1.165, 1.54) is 4.90 Å². The second-order valence-corrected chi connectivity index (χ2v) is 5.40. The van der Waals surface area contributed by atoms with Crippen molar-refractivity contribution in [3.05, 3.63) is 11.6 Å². The molecule has 0 bridgehead atoms. The zero-order valence-corrected chi connectivity index (χ0v) is 12.2. The molecule has 118 valence electrons. The molecule has 1 atom stereocenters. The number of hydrogen-bond acceptors (Lipinski definition) is 3. The number of piperidine rings is 1. The van der Waals surface area contributed by atoms with Gasteiger partial charge in [0.2, 0.25) is 5.91 Å². The molecule has 1 aliphatic rings. The molecule has 0 spiro atoms. The molecule has 8 heteroatoms. The van der Waals surface area contributed by atoms with Gasteiger partial charge >= 0.3 is 6.18 Å². The quantitative estimate of drug-likeness (QED) is 0.861. The summed E-state index contributed by atoms with van der Waals surface area (Å²) in [7, 11) is 0. The van der Waals surface area contributed by atoms with E-state index >= 15 is 0 Å². The number of amides is 1. The molecule has 1 aromatic rings. The molecule has 0 aliphatic carbocycles. The SMILES string of the molecule is Cc1nc(C)n([C@@H]2CCCN(C(=O)CCC(F)(F)F)C2)n1. The molecule has 0 aromatic carbocycles. The number of aromatic nitrogens is 3. The summed E-state index contributed by atoms with van der Waals surface area (Å²) in [5, 5.41) is 4.30. The first kappa shape index (κ1) is 15.8. The molecule has 5 nitrogen and oxygen atoms in total. The van der Waals surface area contributed by atoms with Crippen molar-refractivity contribution in [3.63, 3.8) is 0 Å². The second-order valence-electron chi connectivity index (χ2n) is 5.40. The lowest BCUT2D eigenvalue weighted by molar-refractivity contribution is -0.150. The summed E-state index contributed by atoms with van der Waals surface area (Å²) in [6.07, 6.45) is -4.21. The molecule has 21 heavy (non-hydrogen) atoms. The van der Waals surface area contributed by atoms with E-state index < -0.39 is 24.9 Å². The van der Waals surface area contributed by atoms with Crippen molar-refractivity contribution in [1.29, 1.82) is 0 Å². The van der Waals surface area contributed by atoms with E-state index in [0.29, 0.717) is 18.9 Å². The second kappa shape index (κ2) is 6.03. The predicted molar refractivity (Wildman–Crippen MR) is 69.6 cm³/mol. The van der Waals surface area contributed by atoms with E-state index in [1.54, 1.807) is 11.6 Å². The maximum Gasteiger partial charge on any atom is 0.389 e. The van der Waals surface area contributed by atoms with Crippen molar-refractivity contribution < 1.29 is 18.0 Å². The van der Waals surface area contributed by atoms with Crippen LogP contribution < -0.4 is 0 Å². The number of alkyl halides is 3. The number of rotatable bonds is 3. The van der Waals surface area contributed by atoms with Gasteiger partial charge in [0.05, 0.1) is 12.5 Å². The van der Waals surface area contributed by atoms with Crippen LogP contribution in [-0.4, -0.2) is 44.8 Å². The summed E-state index contributed by atoms with van der Waals surface area (Å²) in [6.45, 7) is 4.54. The molecule has 1 aliphatic heterocycles. The summed E-state index contributed by atoms with van der Waals surface area (Å²) in [5.74, 6) is 0.988. The third-order valence-corrected chi connectivity index (χ3v) is 3.63. The fourth-order valence-corrected chi connectivity index (χ4v) is 2.67. The highest BCUT2D eigenvalue weighted by Crippen LogP contribution is 2.25. The largest absolute Gasteiger partial charge is 0.389 e. The maximum absolute atomic E-state index is 12.2. The summed E-state index contributed by atoms with van der Waals surface area (Å²) in [6, 6.07) is -0.00483. The van der Waals surface area contributed by atoms with Gasteiger partial charge in [-0.25, -0.2) is 9.67 Å². The molecular formula is C13H19F3N4O. The Bertz CT molecular complexity index is 512. The molecule has 1 fully saturated rings. The summed E-state index contributed by atoms with van der Waals surface area (Å²) in [5.41, 5.74) is 0. The topological polar surface area (TPSA) is 51.0 Å². The van der Waals surface area contributed by atoms with Crippen LogP contribution in [0.3, 0.4) is 0 Å². The van der Waals surface area contributed by atoms with E-state index in [2.05, 4.69) is 10.1 Å². The Balaban J connectivity index is 1.97. The number of carbonyl (C=O) groups excluding carboxylic acids is 1. The molecule has 2 rings (SSSR count). The van der Waals surface area contributed by atoms with Gasteiger partial charge in [-0.15, -0.1) is 0 Å². The molecule has 0 saturated carbocycles. The fraction of sp³-hybridized carbons (Fsp3) is 0.769. The van der Waals surface area contributed by atoms with Gasteiger partial charge in [0.1, 0.15) is 11.6 Å². The number of nitrogens with zero attached hydrogens (tertiary/aromatic N) is 4. The molecule has 0 unspecified atom stereocenters. The molecule has 0 N–H and O–H groups in total. The van der Waals surface area contributed by atoms with Crippen LogP contribution in [0, 0.1) is 13.8 Å². The van der Waals surface area contributed by atoms with Crippen molar-refractivity contribution in [2.24, 2.45) is 0 Å². The minimum Gasteiger partial charge on any atom is -0.341 e. The molecular weight excluding hydrogens is 285 g/mol. The Morgan fingerprint density at radius 2 is 2.10 bits per heavy atom. The number of carbonyl (C=O) groups is 1. The lowest BCUT2D eigenvalue weighted by Crippen LogP contribution is -2.41. The third kappa shape index (κ3) is 4.18. The predicted octanol–water partition coefficient (Wildman–Crippen LogP) is 2.40. The minimum atomic E-state index is -4.29. The summed E-state index contributed by atoms with van der Waals surface area (Å²) < 4.78 is 38.3. The molecule has 2 heterocycles. The maximum atomic E-state index is 12.2. The Hall–Kier alpha value is -1.60. The third-order valence-electron chi connectivity index (χ3n) is 3.63. The lowest BCUT2D eigenvalue weighted by Gasteiger charge is -2.33. The van der Waals surface area contributed by atoms with Crippen LogP contribution in [0.5, 0.6) is 0 Å². The summed E-state index contributed by atoms with van der Waals surface area (Å²) in [4.78, 5) is 17.6. The monoisotopic (exact) mass is 304 g/mol. The average molecular weight is 304 g/mol. The highest BCUT2D eigenvalue weighted by molar-refractivity contribution is 5.76. The lowest BCUT2D eigenvalue weighted by atomic mass is 10.1. The highest BCUT2D eigenvalue weighted by Gasteiger charge is 2.31. The van der Waals surface area contributed by atoms with Gasteiger partial charge in [-0.1, -0.05) is 0 Å². The zero-order chi connectivity index (χ0) is 15.6. The van der Waals surface area contributed by atoms with Crippen LogP contribution in [0.15, 0.2) is 0 Å². The Morgan fingerprint density at radius 1 is 1.38 bits per heavy atom. The Kier molecular flexibility index (Phi) is 4.53. The standard InChI is InChI=1S/C13H19F3N4O/c1-9-17-10(2)20(18-9)11-4-3-7-19(8-11)12(21)5-6-13(14,15)16/h11H,3-8H2,1-2H3/t11-/m1/s1. The van der Waals surface area contributed by atoms with Gasteiger partial charge in [-0.3, -0.25) is 4.79 Å². The molecule has 1 aromatic heterocycles. The minimum absolute atomic E-state index is 0.00483. The van der Waals surface area contributed by atoms with Gasteiger partial charge in [0, 0.05) is 19.5 Å². The first-order valence-corrected chi connectivity index (χ1v) is 7.00. The van der Waals surface area contributed by atoms with Crippen molar-refractivity contribution in [2.45, 2.75) is 51.7 Å². The fourth-order valence-electron chi connectivity index (χ4n) is 2.67. The van der Waals surface area contributed by atoms with E-state index in [9.17, 15) is 18.0 Å². The van der Waals surface area contributed by atoms with Gasteiger partial charge in [0.25, 0.3) is 0 Å². The van der Waals surface area contributed by atoms with Crippen molar-refractivity contribution in [2.75, 3.05) is 13.1 Å². The molecule has 0 radical (unpaired) electrons. The van der Waals surface area contributed by atoms with E-state index in [-0.39, 0.29) is 6.04 Å². The van der Waals surface area contributed by atoms with Gasteiger partial charge in [-0.05, 0) is 26.7 Å². The summed E-state index contributed by atoms with van der Waals surface area (Å²) >= 11 is 0. The van der Waals surface area contributed by atoms with Crippen LogP contribution in [-0.2, 0) is 4.79 Å². The molecule has 1 amide bonds. The van der Waals surface area contributed by atoms with Gasteiger partial charge < -0.3 is 4.90 Å². The highest BCUT2D eigenvalue weighted by atomic mass is 19.4. The Morgan fingerprint density at radius 3 is 2.67 bits per heavy atom. The number of hydrogen-bond donors (Lipinski definition) is 0. The first-order chi connectivity index (χ1) is 9.76. The van der Waals surface area contributed by atoms with E-state index in [1.807, 2.05) is 6.92 Å². The first-order valence-electron chi connectivity index (χ1n) is 7.00. The van der Waals surface area contributed by atoms with E-state index in [0.717, 1.165) is 18.7 Å². The number of halogens is 3. The average Bonchev–Trinajstić information content (AvgIpc) is 2.74. The van der Waals surface area contributed by atoms with Crippen molar-refractivity contribution >= 4 is 5.91 Å². The normalized spacial score (nSPS) is 19.9. The Labute approximate surface area is 121 Å². The van der Waals surface area contributed by atoms with Gasteiger partial charge in [0.15, 0.2) is 0 Å². The van der Waals surface area contributed by atoms with Crippen molar-refractivity contribution in [3.8, 4) is 0 Å². The van der Waals surface area contributed by atoms with Crippen LogP contribution in [0.2, 0.25) is 0 Å². The number of likely N-dealkylation sites (tertiary alicyclic amines) is 1. The zero-order valence-electron chi connectivity index (χ0n) is 12.2. The van der Waals surface area contributed by atoms with Crippen LogP contribution >= 0.6 is 0 Å². The smallest absolute Gasteiger partial charge is 0.341 e. The van der Waals surface area contributed by atoms with Crippen molar-refractivity contribution in [1.82, 2.24) is 19.7 Å².